The van der Waals surface area contributed by atoms with E-state index in [1.165, 1.54) is 0 Å². The van der Waals surface area contributed by atoms with E-state index < -0.39 is 30.1 Å². The lowest BCUT2D eigenvalue weighted by Crippen LogP contribution is -2.57. The van der Waals surface area contributed by atoms with Gasteiger partial charge in [0.2, 0.25) is 0 Å². The van der Waals surface area contributed by atoms with Gasteiger partial charge in [0.05, 0.1) is 10.5 Å². The minimum Gasteiger partial charge on any atom is -0.356 e. The summed E-state index contributed by atoms with van der Waals surface area (Å²) < 4.78 is 84.6. The zero-order chi connectivity index (χ0) is 21.4. The van der Waals surface area contributed by atoms with Gasteiger partial charge in [0.15, 0.2) is 15.8 Å². The van der Waals surface area contributed by atoms with Gasteiger partial charge >= 0.3 is 15.5 Å². The predicted octanol–water partition coefficient (Wildman–Crippen LogP) is 1.25. The second kappa shape index (κ2) is 9.42. The standard InChI is InChI=1S/C15H27F3N4O4S2.HI/c1-14(2)11-21(8-9-27(14,23)24)13(19-3)20-10-12-4-6-22(7-5-12)28(25,26)15(16,17)18;/h12H,4-11H2,1-3H3,(H,19,20);1H. The van der Waals surface area contributed by atoms with Gasteiger partial charge in [0.25, 0.3) is 0 Å². The average Bonchev–Trinajstić information content (AvgIpc) is 2.58. The second-order valence-electron chi connectivity index (χ2n) is 7.72. The number of sulfonamides is 1. The fraction of sp³-hybridized carbons (Fsp3) is 0.933. The van der Waals surface area contributed by atoms with Crippen molar-refractivity contribution < 1.29 is 30.0 Å². The molecule has 2 aliphatic heterocycles. The lowest BCUT2D eigenvalue weighted by Gasteiger charge is -2.39. The number of sulfone groups is 1. The molecule has 2 aliphatic rings. The number of nitrogens with zero attached hydrogens (tertiary/aromatic N) is 3. The Morgan fingerprint density at radius 1 is 1.21 bits per heavy atom. The van der Waals surface area contributed by atoms with Gasteiger partial charge in [-0.2, -0.15) is 17.5 Å². The molecule has 0 aromatic carbocycles. The van der Waals surface area contributed by atoms with Crippen molar-refractivity contribution in [1.82, 2.24) is 14.5 Å². The molecule has 0 aromatic rings. The maximum Gasteiger partial charge on any atom is 0.511 e. The third kappa shape index (κ3) is 5.87. The van der Waals surface area contributed by atoms with Crippen LogP contribution in [0.25, 0.3) is 0 Å². The largest absolute Gasteiger partial charge is 0.511 e. The Morgan fingerprint density at radius 3 is 2.21 bits per heavy atom. The van der Waals surface area contributed by atoms with Crippen LogP contribution in [0.2, 0.25) is 0 Å². The highest BCUT2D eigenvalue weighted by Gasteiger charge is 2.50. The molecule has 0 amide bonds. The Labute approximate surface area is 187 Å². The number of halogens is 4. The monoisotopic (exact) mass is 576 g/mol. The minimum atomic E-state index is -5.28. The van der Waals surface area contributed by atoms with Crippen LogP contribution < -0.4 is 5.32 Å². The smallest absolute Gasteiger partial charge is 0.356 e. The Morgan fingerprint density at radius 2 is 1.76 bits per heavy atom. The first kappa shape index (κ1) is 26.7. The van der Waals surface area contributed by atoms with Crippen LogP contribution in [0.5, 0.6) is 0 Å². The molecule has 0 unspecified atom stereocenters. The second-order valence-corrected chi connectivity index (χ2v) is 12.4. The lowest BCUT2D eigenvalue weighted by atomic mass is 9.98. The maximum absolute atomic E-state index is 12.6. The molecule has 0 saturated carbocycles. The van der Waals surface area contributed by atoms with E-state index in [-0.39, 0.29) is 55.3 Å². The van der Waals surface area contributed by atoms with E-state index >= 15 is 0 Å². The van der Waals surface area contributed by atoms with E-state index in [0.29, 0.717) is 36.2 Å². The van der Waals surface area contributed by atoms with Gasteiger partial charge in [-0.1, -0.05) is 0 Å². The molecule has 2 saturated heterocycles. The number of guanidine groups is 1. The molecule has 0 spiro atoms. The van der Waals surface area contributed by atoms with Gasteiger partial charge in [-0.15, -0.1) is 24.0 Å². The Balaban J connectivity index is 0.00000420. The topological polar surface area (TPSA) is 99.2 Å². The molecule has 172 valence electrons. The van der Waals surface area contributed by atoms with Gasteiger partial charge in [-0.05, 0) is 32.6 Å². The first-order valence-corrected chi connectivity index (χ1v) is 12.0. The number of piperidine rings is 1. The van der Waals surface area contributed by atoms with Crippen molar-refractivity contribution in [3.05, 3.63) is 0 Å². The van der Waals surface area contributed by atoms with E-state index in [0.717, 1.165) is 0 Å². The number of hydrogen-bond donors (Lipinski definition) is 1. The molecule has 2 heterocycles. The first-order valence-electron chi connectivity index (χ1n) is 8.95. The molecule has 0 aromatic heterocycles. The average molecular weight is 576 g/mol. The van der Waals surface area contributed by atoms with Crippen LogP contribution in [0, 0.1) is 5.92 Å². The highest BCUT2D eigenvalue weighted by molar-refractivity contribution is 14.0. The van der Waals surface area contributed by atoms with Gasteiger partial charge in [-0.25, -0.2) is 16.8 Å². The highest BCUT2D eigenvalue weighted by atomic mass is 127. The fourth-order valence-corrected chi connectivity index (χ4v) is 5.74. The van der Waals surface area contributed by atoms with E-state index in [2.05, 4.69) is 10.3 Å². The first-order chi connectivity index (χ1) is 12.7. The predicted molar refractivity (Wildman–Crippen MR) is 115 cm³/mol. The van der Waals surface area contributed by atoms with Gasteiger partial charge < -0.3 is 10.2 Å². The molecule has 0 atom stereocenters. The molecule has 0 bridgehead atoms. The van der Waals surface area contributed by atoms with Crippen LogP contribution >= 0.6 is 24.0 Å². The number of nitrogens with one attached hydrogen (secondary N) is 1. The minimum absolute atomic E-state index is 0. The Bertz CT molecular complexity index is 808. The van der Waals surface area contributed by atoms with Crippen molar-refractivity contribution in [2.24, 2.45) is 10.9 Å². The van der Waals surface area contributed by atoms with Crippen LogP contribution in [-0.2, 0) is 19.9 Å². The van der Waals surface area contributed by atoms with Crippen molar-refractivity contribution in [1.29, 1.82) is 0 Å². The molecule has 29 heavy (non-hydrogen) atoms. The van der Waals surface area contributed by atoms with E-state index in [9.17, 15) is 30.0 Å². The molecule has 2 fully saturated rings. The SMILES string of the molecule is CN=C(NCC1CCN(S(=O)(=O)C(F)(F)F)CC1)N1CCS(=O)(=O)C(C)(C)C1.I. The van der Waals surface area contributed by atoms with E-state index in [1.807, 2.05) is 4.90 Å². The summed E-state index contributed by atoms with van der Waals surface area (Å²) in [5.74, 6) is 0.556. The number of rotatable bonds is 3. The molecular formula is C15H28F3IN4O4S2. The van der Waals surface area contributed by atoms with Crippen molar-refractivity contribution in [2.45, 2.75) is 36.9 Å². The summed E-state index contributed by atoms with van der Waals surface area (Å²) in [5, 5.41) is 3.15. The number of hydrogen-bond acceptors (Lipinski definition) is 5. The Kier molecular flexibility index (Phi) is 8.67. The molecule has 8 nitrogen and oxygen atoms in total. The summed E-state index contributed by atoms with van der Waals surface area (Å²) in [6, 6.07) is 0. The van der Waals surface area contributed by atoms with Crippen LogP contribution in [0.15, 0.2) is 4.99 Å². The van der Waals surface area contributed by atoms with Crippen molar-refractivity contribution >= 4 is 49.8 Å². The third-order valence-electron chi connectivity index (χ3n) is 5.31. The van der Waals surface area contributed by atoms with E-state index in [1.54, 1.807) is 20.9 Å². The van der Waals surface area contributed by atoms with Crippen molar-refractivity contribution in [2.75, 3.05) is 45.5 Å². The van der Waals surface area contributed by atoms with Crippen LogP contribution in [0.4, 0.5) is 13.2 Å². The van der Waals surface area contributed by atoms with Gasteiger partial charge in [-0.3, -0.25) is 4.99 Å². The summed E-state index contributed by atoms with van der Waals surface area (Å²) in [7, 11) is -6.88. The van der Waals surface area contributed by atoms with Crippen molar-refractivity contribution in [3.8, 4) is 0 Å². The molecule has 0 aliphatic carbocycles. The lowest BCUT2D eigenvalue weighted by molar-refractivity contribution is -0.0496. The summed E-state index contributed by atoms with van der Waals surface area (Å²) in [4.78, 5) is 6.03. The normalized spacial score (nSPS) is 24.1. The summed E-state index contributed by atoms with van der Waals surface area (Å²) in [5.41, 5.74) is -5.28. The van der Waals surface area contributed by atoms with Crippen molar-refractivity contribution in [3.63, 3.8) is 0 Å². The maximum atomic E-state index is 12.6. The molecule has 2 rings (SSSR count). The fourth-order valence-electron chi connectivity index (χ4n) is 3.39. The number of alkyl halides is 3. The zero-order valence-electron chi connectivity index (χ0n) is 16.6. The summed E-state index contributed by atoms with van der Waals surface area (Å²) in [6.07, 6.45) is 0.609. The summed E-state index contributed by atoms with van der Waals surface area (Å²) in [6.45, 7) is 4.00. The molecule has 14 heteroatoms. The molecule has 1 N–H and O–H groups in total. The number of aliphatic imine (C=N–C) groups is 1. The zero-order valence-corrected chi connectivity index (χ0v) is 20.5. The Hall–Kier alpha value is -0.350. The quantitative estimate of drug-likeness (QED) is 0.309. The molecular weight excluding hydrogens is 548 g/mol. The van der Waals surface area contributed by atoms with Crippen LogP contribution in [-0.4, -0.2) is 87.8 Å². The van der Waals surface area contributed by atoms with Gasteiger partial charge in [0.1, 0.15) is 0 Å². The van der Waals surface area contributed by atoms with Crippen LogP contribution in [0.3, 0.4) is 0 Å². The van der Waals surface area contributed by atoms with Crippen LogP contribution in [0.1, 0.15) is 26.7 Å². The van der Waals surface area contributed by atoms with Gasteiger partial charge in [0, 0.05) is 39.8 Å². The third-order valence-corrected chi connectivity index (χ3v) is 9.47. The van der Waals surface area contributed by atoms with E-state index in [4.69, 9.17) is 0 Å². The molecule has 0 radical (unpaired) electrons. The summed E-state index contributed by atoms with van der Waals surface area (Å²) >= 11 is 0. The highest BCUT2D eigenvalue weighted by Crippen LogP contribution is 2.30.